The number of aryl methyl sites for hydroxylation is 1. The van der Waals surface area contributed by atoms with Crippen LogP contribution in [0.25, 0.3) is 10.1 Å². The molecule has 0 aliphatic carbocycles. The van der Waals surface area contributed by atoms with Crippen molar-refractivity contribution in [2.45, 2.75) is 25.8 Å². The number of hydrogen-bond acceptors (Lipinski definition) is 4. The van der Waals surface area contributed by atoms with Gasteiger partial charge in [0.2, 0.25) is 0 Å². The monoisotopic (exact) mass is 247 g/mol. The zero-order valence-electron chi connectivity index (χ0n) is 10.0. The van der Waals surface area contributed by atoms with Crippen LogP contribution in [-0.4, -0.2) is 23.5 Å². The Bertz CT molecular complexity index is 534. The highest BCUT2D eigenvalue weighted by molar-refractivity contribution is 7.13. The maximum Gasteiger partial charge on any atom is 0.0610 e. The van der Waals surface area contributed by atoms with Crippen molar-refractivity contribution in [2.75, 3.05) is 18.0 Å². The molecule has 1 unspecified atom stereocenters. The molecule has 90 valence electrons. The molecule has 3 nitrogen and oxygen atoms in total. The van der Waals surface area contributed by atoms with E-state index in [1.54, 1.807) is 11.5 Å². The average molecular weight is 247 g/mol. The molecule has 2 N–H and O–H groups in total. The van der Waals surface area contributed by atoms with Gasteiger partial charge in [-0.05, 0) is 43.4 Å². The summed E-state index contributed by atoms with van der Waals surface area (Å²) in [5.74, 6) is 0. The van der Waals surface area contributed by atoms with E-state index < -0.39 is 0 Å². The van der Waals surface area contributed by atoms with E-state index in [1.165, 1.54) is 22.2 Å². The van der Waals surface area contributed by atoms with Crippen LogP contribution >= 0.6 is 11.5 Å². The van der Waals surface area contributed by atoms with Crippen LogP contribution in [0.2, 0.25) is 0 Å². The van der Waals surface area contributed by atoms with E-state index in [0.717, 1.165) is 25.2 Å². The van der Waals surface area contributed by atoms with Crippen molar-refractivity contribution in [3.63, 3.8) is 0 Å². The standard InChI is InChI=1S/C13H17N3S/c1-9-13-11(5-2-6-12(13)17-15-9)16-7-3-4-10(14)8-16/h2,5-6,10H,3-4,7-8,14H2,1H3. The molecule has 0 saturated carbocycles. The first-order chi connectivity index (χ1) is 8.25. The molecule has 1 aromatic carbocycles. The number of piperidine rings is 1. The van der Waals surface area contributed by atoms with Gasteiger partial charge >= 0.3 is 0 Å². The van der Waals surface area contributed by atoms with Gasteiger partial charge in [-0.25, -0.2) is 0 Å². The Morgan fingerprint density at radius 3 is 3.18 bits per heavy atom. The second-order valence-electron chi connectivity index (χ2n) is 4.77. The van der Waals surface area contributed by atoms with E-state index in [2.05, 4.69) is 34.4 Å². The quantitative estimate of drug-likeness (QED) is 0.842. The molecule has 1 saturated heterocycles. The van der Waals surface area contributed by atoms with E-state index in [1.807, 2.05) is 0 Å². The second kappa shape index (κ2) is 4.27. The average Bonchev–Trinajstić information content (AvgIpc) is 2.71. The highest BCUT2D eigenvalue weighted by Crippen LogP contribution is 2.33. The van der Waals surface area contributed by atoms with Gasteiger partial charge < -0.3 is 10.6 Å². The molecule has 4 heteroatoms. The minimum Gasteiger partial charge on any atom is -0.369 e. The Kier molecular flexibility index (Phi) is 2.76. The van der Waals surface area contributed by atoms with E-state index in [9.17, 15) is 0 Å². The fourth-order valence-electron chi connectivity index (χ4n) is 2.61. The summed E-state index contributed by atoms with van der Waals surface area (Å²) >= 11 is 1.58. The molecule has 1 fully saturated rings. The normalized spacial score (nSPS) is 21.1. The molecule has 2 aromatic rings. The smallest absolute Gasteiger partial charge is 0.0610 e. The Morgan fingerprint density at radius 2 is 2.35 bits per heavy atom. The van der Waals surface area contributed by atoms with Gasteiger partial charge in [-0.2, -0.15) is 4.37 Å². The molecule has 1 aliphatic rings. The summed E-state index contributed by atoms with van der Waals surface area (Å²) in [7, 11) is 0. The number of aromatic nitrogens is 1. The number of fused-ring (bicyclic) bond motifs is 1. The van der Waals surface area contributed by atoms with Crippen LogP contribution < -0.4 is 10.6 Å². The fourth-order valence-corrected chi connectivity index (χ4v) is 3.42. The van der Waals surface area contributed by atoms with E-state index in [4.69, 9.17) is 5.73 Å². The summed E-state index contributed by atoms with van der Waals surface area (Å²) in [6.45, 7) is 4.17. The minimum atomic E-state index is 0.311. The van der Waals surface area contributed by atoms with Crippen molar-refractivity contribution in [1.29, 1.82) is 0 Å². The number of nitrogens with zero attached hydrogens (tertiary/aromatic N) is 2. The lowest BCUT2D eigenvalue weighted by atomic mass is 10.0. The number of hydrogen-bond donors (Lipinski definition) is 1. The molecule has 0 spiro atoms. The molecule has 17 heavy (non-hydrogen) atoms. The highest BCUT2D eigenvalue weighted by atomic mass is 32.1. The Hall–Kier alpha value is -1.13. The summed E-state index contributed by atoms with van der Waals surface area (Å²) in [4.78, 5) is 2.41. The van der Waals surface area contributed by atoms with Crippen LogP contribution in [0, 0.1) is 6.92 Å². The Labute approximate surface area is 105 Å². The maximum absolute atomic E-state index is 6.07. The molecule has 1 aliphatic heterocycles. The van der Waals surface area contributed by atoms with Gasteiger partial charge in [-0.15, -0.1) is 0 Å². The van der Waals surface area contributed by atoms with Gasteiger partial charge in [0.15, 0.2) is 0 Å². The zero-order valence-corrected chi connectivity index (χ0v) is 10.8. The lowest BCUT2D eigenvalue weighted by Gasteiger charge is -2.33. The van der Waals surface area contributed by atoms with Crippen LogP contribution in [0.4, 0.5) is 5.69 Å². The lowest BCUT2D eigenvalue weighted by Crippen LogP contribution is -2.42. The van der Waals surface area contributed by atoms with Gasteiger partial charge in [0.05, 0.1) is 10.4 Å². The first-order valence-corrected chi connectivity index (χ1v) is 6.88. The zero-order chi connectivity index (χ0) is 11.8. The van der Waals surface area contributed by atoms with Crippen molar-refractivity contribution in [2.24, 2.45) is 5.73 Å². The van der Waals surface area contributed by atoms with Gasteiger partial charge in [-0.3, -0.25) is 0 Å². The van der Waals surface area contributed by atoms with Crippen LogP contribution in [0.5, 0.6) is 0 Å². The molecule has 2 heterocycles. The van der Waals surface area contributed by atoms with Gasteiger partial charge in [0.1, 0.15) is 0 Å². The third-order valence-electron chi connectivity index (χ3n) is 3.45. The van der Waals surface area contributed by atoms with E-state index >= 15 is 0 Å². The van der Waals surface area contributed by atoms with Crippen molar-refractivity contribution < 1.29 is 0 Å². The van der Waals surface area contributed by atoms with Crippen LogP contribution in [0.15, 0.2) is 18.2 Å². The van der Waals surface area contributed by atoms with Crippen molar-refractivity contribution in [1.82, 2.24) is 4.37 Å². The molecule has 1 aromatic heterocycles. The van der Waals surface area contributed by atoms with Gasteiger partial charge in [-0.1, -0.05) is 6.07 Å². The summed E-state index contributed by atoms with van der Waals surface area (Å²) in [5.41, 5.74) is 8.51. The third-order valence-corrected chi connectivity index (χ3v) is 4.35. The Balaban J connectivity index is 2.07. The fraction of sp³-hybridized carbons (Fsp3) is 0.462. The minimum absolute atomic E-state index is 0.311. The molecular weight excluding hydrogens is 230 g/mol. The van der Waals surface area contributed by atoms with E-state index in [0.29, 0.717) is 6.04 Å². The topological polar surface area (TPSA) is 42.2 Å². The van der Waals surface area contributed by atoms with Crippen molar-refractivity contribution in [3.05, 3.63) is 23.9 Å². The first kappa shape index (κ1) is 11.0. The molecule has 1 atom stereocenters. The lowest BCUT2D eigenvalue weighted by molar-refractivity contribution is 0.507. The van der Waals surface area contributed by atoms with Crippen molar-refractivity contribution in [3.8, 4) is 0 Å². The molecular formula is C13H17N3S. The van der Waals surface area contributed by atoms with E-state index in [-0.39, 0.29) is 0 Å². The maximum atomic E-state index is 6.07. The summed E-state index contributed by atoms with van der Waals surface area (Å²) in [5, 5.41) is 1.31. The van der Waals surface area contributed by atoms with Crippen LogP contribution in [-0.2, 0) is 0 Å². The third kappa shape index (κ3) is 1.91. The van der Waals surface area contributed by atoms with Gasteiger partial charge in [0, 0.05) is 30.2 Å². The summed E-state index contributed by atoms with van der Waals surface area (Å²) < 4.78 is 5.73. The molecule has 0 bridgehead atoms. The number of rotatable bonds is 1. The largest absolute Gasteiger partial charge is 0.369 e. The molecule has 3 rings (SSSR count). The molecule has 0 radical (unpaired) electrons. The number of anilines is 1. The van der Waals surface area contributed by atoms with Crippen LogP contribution in [0.1, 0.15) is 18.5 Å². The summed E-state index contributed by atoms with van der Waals surface area (Å²) in [6.07, 6.45) is 2.33. The predicted octanol–water partition coefficient (Wildman–Crippen LogP) is 2.53. The summed E-state index contributed by atoms with van der Waals surface area (Å²) in [6, 6.07) is 6.77. The molecule has 0 amide bonds. The predicted molar refractivity (Wildman–Crippen MR) is 73.8 cm³/mol. The first-order valence-electron chi connectivity index (χ1n) is 6.11. The highest BCUT2D eigenvalue weighted by Gasteiger charge is 2.19. The SMILES string of the molecule is Cc1nsc2cccc(N3CCCC(N)C3)c12. The van der Waals surface area contributed by atoms with Crippen molar-refractivity contribution >= 4 is 27.3 Å². The number of nitrogens with two attached hydrogens (primary N) is 1. The Morgan fingerprint density at radius 1 is 1.47 bits per heavy atom. The second-order valence-corrected chi connectivity index (χ2v) is 5.57. The van der Waals surface area contributed by atoms with Gasteiger partial charge in [0.25, 0.3) is 0 Å². The van der Waals surface area contributed by atoms with Crippen LogP contribution in [0.3, 0.4) is 0 Å². The number of benzene rings is 1.